The van der Waals surface area contributed by atoms with Gasteiger partial charge in [-0.3, -0.25) is 0 Å². The van der Waals surface area contributed by atoms with E-state index in [9.17, 15) is 0 Å². The van der Waals surface area contributed by atoms with Gasteiger partial charge in [-0.2, -0.15) is 4.99 Å². The van der Waals surface area contributed by atoms with E-state index in [0.29, 0.717) is 5.84 Å². The van der Waals surface area contributed by atoms with Crippen LogP contribution in [0.25, 0.3) is 0 Å². The van der Waals surface area contributed by atoms with Crippen LogP contribution in [-0.4, -0.2) is 10.9 Å². The van der Waals surface area contributed by atoms with Crippen LogP contribution in [0, 0.1) is 6.92 Å². The van der Waals surface area contributed by atoms with Crippen molar-refractivity contribution in [1.82, 2.24) is 0 Å². The number of nitrogens with zero attached hydrogens (tertiary/aromatic N) is 3. The third-order valence-corrected chi connectivity index (χ3v) is 3.23. The van der Waals surface area contributed by atoms with Crippen LogP contribution >= 0.6 is 35.2 Å². The second-order valence-electron chi connectivity index (χ2n) is 2.43. The van der Waals surface area contributed by atoms with Gasteiger partial charge < -0.3 is 0 Å². The Balaban J connectivity index is 2.42. The Bertz CT molecular complexity index is 413. The summed E-state index contributed by atoms with van der Waals surface area (Å²) in [5, 5.41) is 8.48. The molecule has 13 heavy (non-hydrogen) atoms. The molecule has 1 aliphatic rings. The van der Waals surface area contributed by atoms with Crippen LogP contribution in [0.1, 0.15) is 9.75 Å². The number of aliphatic imine (C=N–C) groups is 1. The monoisotopic (exact) mass is 229 g/mol. The van der Waals surface area contributed by atoms with Crippen LogP contribution < -0.4 is 0 Å². The van der Waals surface area contributed by atoms with E-state index in [1.807, 2.05) is 13.0 Å². The van der Waals surface area contributed by atoms with Crippen molar-refractivity contribution in [3.8, 4) is 0 Å². The van der Waals surface area contributed by atoms with Gasteiger partial charge in [0.1, 0.15) is 0 Å². The van der Waals surface area contributed by atoms with Gasteiger partial charge in [-0.1, -0.05) is 11.6 Å². The van der Waals surface area contributed by atoms with E-state index in [4.69, 9.17) is 23.8 Å². The molecule has 0 N–H and O–H groups in total. The average Bonchev–Trinajstić information content (AvgIpc) is 2.61. The van der Waals surface area contributed by atoms with E-state index in [2.05, 4.69) is 15.2 Å². The predicted octanol–water partition coefficient (Wildman–Crippen LogP) is 3.21. The Kier molecular flexibility index (Phi) is 2.23. The van der Waals surface area contributed by atoms with Crippen LogP contribution in [0.15, 0.2) is 21.3 Å². The number of rotatable bonds is 1. The van der Waals surface area contributed by atoms with Crippen molar-refractivity contribution in [1.29, 1.82) is 0 Å². The smallest absolute Gasteiger partial charge is 0.194 e. The Labute approximate surface area is 89.2 Å². The van der Waals surface area contributed by atoms with Gasteiger partial charge >= 0.3 is 0 Å². The summed E-state index contributed by atoms with van der Waals surface area (Å²) in [6, 6.07) is 1.83. The number of aryl methyl sites for hydroxylation is 1. The van der Waals surface area contributed by atoms with Crippen LogP contribution in [0.3, 0.4) is 0 Å². The zero-order valence-electron chi connectivity index (χ0n) is 6.61. The Hall–Kier alpha value is -0.650. The lowest BCUT2D eigenvalue weighted by molar-refractivity contribution is 1.41. The Morgan fingerprint density at radius 1 is 1.46 bits per heavy atom. The molecule has 0 saturated carbocycles. The molecular weight excluding hydrogens is 226 g/mol. The highest BCUT2D eigenvalue weighted by molar-refractivity contribution is 7.80. The summed E-state index contributed by atoms with van der Waals surface area (Å²) in [6.07, 6.45) is 0. The van der Waals surface area contributed by atoms with E-state index >= 15 is 0 Å². The molecule has 6 heteroatoms. The zero-order valence-corrected chi connectivity index (χ0v) is 9.00. The fourth-order valence-corrected chi connectivity index (χ4v) is 2.16. The first-order chi connectivity index (χ1) is 6.16. The molecule has 66 valence electrons. The number of thiophene rings is 1. The van der Waals surface area contributed by atoms with Crippen molar-refractivity contribution in [2.24, 2.45) is 15.2 Å². The highest BCUT2D eigenvalue weighted by Crippen LogP contribution is 2.27. The van der Waals surface area contributed by atoms with Gasteiger partial charge in [-0.15, -0.1) is 21.6 Å². The van der Waals surface area contributed by atoms with Crippen molar-refractivity contribution in [2.45, 2.75) is 6.92 Å². The highest BCUT2D eigenvalue weighted by Gasteiger charge is 2.13. The molecule has 3 nitrogen and oxygen atoms in total. The number of thiocarbonyl (C=S) groups is 1. The van der Waals surface area contributed by atoms with Gasteiger partial charge in [0.15, 0.2) is 5.84 Å². The molecule has 0 aromatic carbocycles. The molecule has 0 radical (unpaired) electrons. The van der Waals surface area contributed by atoms with Crippen molar-refractivity contribution in [3.05, 3.63) is 20.8 Å². The lowest BCUT2D eigenvalue weighted by Gasteiger charge is -1.84. The normalized spacial score (nSPS) is 15.2. The van der Waals surface area contributed by atoms with Crippen LogP contribution in [-0.2, 0) is 0 Å². The first kappa shape index (κ1) is 8.93. The number of halogens is 1. The zero-order chi connectivity index (χ0) is 9.42. The number of hydrogen-bond donors (Lipinski definition) is 0. The van der Waals surface area contributed by atoms with Crippen molar-refractivity contribution >= 4 is 46.1 Å². The van der Waals surface area contributed by atoms with Crippen LogP contribution in [0.4, 0.5) is 0 Å². The lowest BCUT2D eigenvalue weighted by atomic mass is 10.4. The molecule has 0 atom stereocenters. The van der Waals surface area contributed by atoms with Crippen molar-refractivity contribution < 1.29 is 0 Å². The fourth-order valence-electron chi connectivity index (χ4n) is 0.900. The van der Waals surface area contributed by atoms with Crippen molar-refractivity contribution in [2.75, 3.05) is 0 Å². The Morgan fingerprint density at radius 2 is 2.23 bits per heavy atom. The van der Waals surface area contributed by atoms with E-state index in [-0.39, 0.29) is 5.11 Å². The summed E-state index contributed by atoms with van der Waals surface area (Å²) in [5.74, 6) is 0.560. The average molecular weight is 230 g/mol. The summed E-state index contributed by atoms with van der Waals surface area (Å²) in [7, 11) is 0. The second-order valence-corrected chi connectivity index (χ2v) is 4.46. The lowest BCUT2D eigenvalue weighted by Crippen LogP contribution is -1.88. The first-order valence-corrected chi connectivity index (χ1v) is 5.08. The minimum absolute atomic E-state index is 0.275. The molecule has 0 saturated heterocycles. The summed E-state index contributed by atoms with van der Waals surface area (Å²) < 4.78 is 0. The van der Waals surface area contributed by atoms with Gasteiger partial charge in [0.25, 0.3) is 0 Å². The third kappa shape index (κ3) is 1.67. The molecule has 1 aromatic heterocycles. The van der Waals surface area contributed by atoms with E-state index < -0.39 is 0 Å². The highest BCUT2D eigenvalue weighted by atomic mass is 35.5. The number of azo groups is 1. The molecule has 0 bridgehead atoms. The number of amidine groups is 1. The molecule has 1 aliphatic heterocycles. The van der Waals surface area contributed by atoms with Gasteiger partial charge in [-0.25, -0.2) is 0 Å². The molecule has 0 aliphatic carbocycles. The molecule has 0 amide bonds. The van der Waals surface area contributed by atoms with E-state index in [1.54, 1.807) is 0 Å². The molecule has 2 rings (SSSR count). The second kappa shape index (κ2) is 3.25. The first-order valence-electron chi connectivity index (χ1n) is 3.47. The van der Waals surface area contributed by atoms with Gasteiger partial charge in [0, 0.05) is 4.88 Å². The Morgan fingerprint density at radius 3 is 2.69 bits per heavy atom. The van der Waals surface area contributed by atoms with Crippen LogP contribution in [0.5, 0.6) is 0 Å². The maximum Gasteiger partial charge on any atom is 0.242 e. The molecule has 0 spiro atoms. The maximum atomic E-state index is 5.89. The summed E-state index contributed by atoms with van der Waals surface area (Å²) in [6.45, 7) is 1.95. The minimum atomic E-state index is 0.275. The standard InChI is InChI=1S/C7H4ClN3S2/c1-3-4(8)2-5(13-3)6-9-7(12)11-10-6/h2H,1H3. The molecule has 0 fully saturated rings. The van der Waals surface area contributed by atoms with Crippen molar-refractivity contribution in [3.63, 3.8) is 0 Å². The third-order valence-electron chi connectivity index (χ3n) is 1.51. The largest absolute Gasteiger partial charge is 0.242 e. The van der Waals surface area contributed by atoms with Gasteiger partial charge in [0.05, 0.1) is 9.90 Å². The topological polar surface area (TPSA) is 37.1 Å². The summed E-state index contributed by atoms with van der Waals surface area (Å²) in [4.78, 5) is 5.94. The summed E-state index contributed by atoms with van der Waals surface area (Å²) in [5.41, 5.74) is 0. The molecule has 0 unspecified atom stereocenters. The SMILES string of the molecule is Cc1sc(C2=NC(=S)N=N2)cc1Cl. The summed E-state index contributed by atoms with van der Waals surface area (Å²) >= 11 is 12.2. The number of hydrogen-bond acceptors (Lipinski definition) is 3. The van der Waals surface area contributed by atoms with Gasteiger partial charge in [0.2, 0.25) is 5.11 Å². The van der Waals surface area contributed by atoms with Gasteiger partial charge in [-0.05, 0) is 25.2 Å². The quantitative estimate of drug-likeness (QED) is 0.682. The van der Waals surface area contributed by atoms with Crippen LogP contribution in [0.2, 0.25) is 5.02 Å². The molecule has 2 heterocycles. The molecular formula is C7H4ClN3S2. The predicted molar refractivity (Wildman–Crippen MR) is 58.1 cm³/mol. The maximum absolute atomic E-state index is 5.89. The van der Waals surface area contributed by atoms with E-state index in [1.165, 1.54) is 11.3 Å². The van der Waals surface area contributed by atoms with E-state index in [0.717, 1.165) is 14.8 Å². The molecule has 1 aromatic rings. The fraction of sp³-hybridized carbons (Fsp3) is 0.143. The minimum Gasteiger partial charge on any atom is -0.194 e.